The minimum Gasteiger partial charge on any atom is -0.396 e. The van der Waals surface area contributed by atoms with Crippen molar-refractivity contribution in [1.82, 2.24) is 20.3 Å². The van der Waals surface area contributed by atoms with Crippen LogP contribution in [0, 0.1) is 0 Å². The van der Waals surface area contributed by atoms with Crippen molar-refractivity contribution in [3.63, 3.8) is 0 Å². The number of nitrogens with zero attached hydrogens (tertiary/aromatic N) is 3. The second-order valence-electron chi connectivity index (χ2n) is 3.36. The van der Waals surface area contributed by atoms with Crippen molar-refractivity contribution in [2.75, 3.05) is 13.2 Å². The third-order valence-electron chi connectivity index (χ3n) is 2.08. The standard InChI is InChI=1S/C8H14N4O/c13-3-1-2-7-5-12(11-10-7)6-8-4-9-8/h5,8-9,13H,1-4,6H2/t8-/m0/s1. The topological polar surface area (TPSA) is 72.9 Å². The average molecular weight is 182 g/mol. The molecule has 0 unspecified atom stereocenters. The van der Waals surface area contributed by atoms with Gasteiger partial charge in [0.2, 0.25) is 0 Å². The summed E-state index contributed by atoms with van der Waals surface area (Å²) in [4.78, 5) is 0. The second kappa shape index (κ2) is 3.85. The Labute approximate surface area is 76.8 Å². The van der Waals surface area contributed by atoms with Crippen molar-refractivity contribution >= 4 is 0 Å². The third-order valence-corrected chi connectivity index (χ3v) is 2.08. The smallest absolute Gasteiger partial charge is 0.0828 e. The summed E-state index contributed by atoms with van der Waals surface area (Å²) in [5, 5.41) is 19.8. The van der Waals surface area contributed by atoms with Crippen molar-refractivity contribution in [3.05, 3.63) is 11.9 Å². The highest BCUT2D eigenvalue weighted by atomic mass is 16.2. The zero-order valence-corrected chi connectivity index (χ0v) is 7.48. The summed E-state index contributed by atoms with van der Waals surface area (Å²) >= 11 is 0. The maximum Gasteiger partial charge on any atom is 0.0828 e. The predicted molar refractivity (Wildman–Crippen MR) is 47.2 cm³/mol. The Balaban J connectivity index is 1.84. The highest BCUT2D eigenvalue weighted by molar-refractivity contribution is 4.94. The first-order valence-corrected chi connectivity index (χ1v) is 4.62. The number of hydrogen-bond acceptors (Lipinski definition) is 4. The zero-order valence-electron chi connectivity index (χ0n) is 7.48. The molecule has 2 N–H and O–H groups in total. The molecule has 1 aromatic heterocycles. The van der Waals surface area contributed by atoms with Crippen molar-refractivity contribution < 1.29 is 5.11 Å². The van der Waals surface area contributed by atoms with Crippen LogP contribution in [0.25, 0.3) is 0 Å². The van der Waals surface area contributed by atoms with E-state index in [-0.39, 0.29) is 6.61 Å². The van der Waals surface area contributed by atoms with E-state index in [1.165, 1.54) is 0 Å². The molecule has 1 atom stereocenters. The Kier molecular flexibility index (Phi) is 2.56. The fourth-order valence-electron chi connectivity index (χ4n) is 1.24. The summed E-state index contributed by atoms with van der Waals surface area (Å²) in [6, 6.07) is 0.590. The van der Waals surface area contributed by atoms with E-state index in [9.17, 15) is 0 Å². The molecular formula is C8H14N4O. The molecule has 0 aromatic carbocycles. The van der Waals surface area contributed by atoms with Crippen LogP contribution in [0.5, 0.6) is 0 Å². The molecule has 2 rings (SSSR count). The molecule has 1 saturated heterocycles. The fourth-order valence-corrected chi connectivity index (χ4v) is 1.24. The van der Waals surface area contributed by atoms with Crippen molar-refractivity contribution in [3.8, 4) is 0 Å². The lowest BCUT2D eigenvalue weighted by atomic mass is 10.3. The Hall–Kier alpha value is -0.940. The molecule has 0 saturated carbocycles. The molecule has 5 heteroatoms. The molecule has 1 aliphatic rings. The van der Waals surface area contributed by atoms with Crippen LogP contribution in [0.1, 0.15) is 12.1 Å². The number of aliphatic hydroxyl groups is 1. The largest absolute Gasteiger partial charge is 0.396 e. The molecule has 1 aromatic rings. The van der Waals surface area contributed by atoms with Gasteiger partial charge in [-0.1, -0.05) is 5.21 Å². The van der Waals surface area contributed by atoms with E-state index in [1.54, 1.807) is 0 Å². The van der Waals surface area contributed by atoms with Crippen LogP contribution in [0.4, 0.5) is 0 Å². The van der Waals surface area contributed by atoms with Crippen LogP contribution in [-0.2, 0) is 13.0 Å². The minimum absolute atomic E-state index is 0.219. The molecule has 72 valence electrons. The number of aliphatic hydroxyl groups excluding tert-OH is 1. The number of hydrogen-bond donors (Lipinski definition) is 2. The Bertz CT molecular complexity index is 269. The van der Waals surface area contributed by atoms with Crippen LogP contribution in [0.2, 0.25) is 0 Å². The molecule has 0 aliphatic carbocycles. The molecule has 0 radical (unpaired) electrons. The zero-order chi connectivity index (χ0) is 9.10. The van der Waals surface area contributed by atoms with Gasteiger partial charge < -0.3 is 10.4 Å². The predicted octanol–water partition coefficient (Wildman–Crippen LogP) is -0.825. The lowest BCUT2D eigenvalue weighted by molar-refractivity contribution is 0.288. The van der Waals surface area contributed by atoms with E-state index in [1.807, 2.05) is 10.9 Å². The number of aromatic nitrogens is 3. The van der Waals surface area contributed by atoms with Gasteiger partial charge in [0.1, 0.15) is 0 Å². The van der Waals surface area contributed by atoms with E-state index in [0.29, 0.717) is 6.04 Å². The summed E-state index contributed by atoms with van der Waals surface area (Å²) in [6.45, 7) is 2.22. The van der Waals surface area contributed by atoms with Gasteiger partial charge in [-0.05, 0) is 12.8 Å². The maximum atomic E-state index is 8.62. The van der Waals surface area contributed by atoms with Gasteiger partial charge >= 0.3 is 0 Å². The fraction of sp³-hybridized carbons (Fsp3) is 0.750. The quantitative estimate of drug-likeness (QED) is 0.583. The Morgan fingerprint density at radius 2 is 2.54 bits per heavy atom. The van der Waals surface area contributed by atoms with Crippen LogP contribution < -0.4 is 5.32 Å². The van der Waals surface area contributed by atoms with Crippen molar-refractivity contribution in [1.29, 1.82) is 0 Å². The molecule has 0 spiro atoms. The Morgan fingerprint density at radius 3 is 3.23 bits per heavy atom. The van der Waals surface area contributed by atoms with E-state index in [2.05, 4.69) is 15.6 Å². The molecule has 0 amide bonds. The van der Waals surface area contributed by atoms with Gasteiger partial charge in [-0.25, -0.2) is 0 Å². The number of nitrogens with one attached hydrogen (secondary N) is 1. The molecular weight excluding hydrogens is 168 g/mol. The maximum absolute atomic E-state index is 8.62. The summed E-state index contributed by atoms with van der Waals surface area (Å²) in [7, 11) is 0. The van der Waals surface area contributed by atoms with E-state index in [4.69, 9.17) is 5.11 Å². The lowest BCUT2D eigenvalue weighted by Gasteiger charge is -1.93. The van der Waals surface area contributed by atoms with Crippen molar-refractivity contribution in [2.24, 2.45) is 0 Å². The van der Waals surface area contributed by atoms with Gasteiger partial charge in [0.15, 0.2) is 0 Å². The summed E-state index contributed by atoms with van der Waals surface area (Å²) in [6.07, 6.45) is 3.53. The monoisotopic (exact) mass is 182 g/mol. The second-order valence-corrected chi connectivity index (χ2v) is 3.36. The highest BCUT2D eigenvalue weighted by Crippen LogP contribution is 2.02. The van der Waals surface area contributed by atoms with Gasteiger partial charge in [-0.15, -0.1) is 5.10 Å². The third kappa shape index (κ3) is 2.50. The first-order chi connectivity index (χ1) is 6.38. The van der Waals surface area contributed by atoms with Gasteiger partial charge in [-0.2, -0.15) is 0 Å². The molecule has 2 heterocycles. The molecule has 1 aliphatic heterocycles. The van der Waals surface area contributed by atoms with Crippen LogP contribution >= 0.6 is 0 Å². The van der Waals surface area contributed by atoms with Crippen LogP contribution in [0.3, 0.4) is 0 Å². The van der Waals surface area contributed by atoms with Gasteiger partial charge in [0.25, 0.3) is 0 Å². The molecule has 1 fully saturated rings. The van der Waals surface area contributed by atoms with Crippen LogP contribution in [-0.4, -0.2) is 39.3 Å². The SMILES string of the molecule is OCCCc1cn(C[C@@H]2CN2)nn1. The average Bonchev–Trinajstić information content (AvgIpc) is 2.81. The van der Waals surface area contributed by atoms with Gasteiger partial charge in [-0.3, -0.25) is 4.68 Å². The van der Waals surface area contributed by atoms with Gasteiger partial charge in [0.05, 0.1) is 12.2 Å². The summed E-state index contributed by atoms with van der Waals surface area (Å²) < 4.78 is 1.86. The van der Waals surface area contributed by atoms with E-state index in [0.717, 1.165) is 31.6 Å². The van der Waals surface area contributed by atoms with Crippen molar-refractivity contribution in [2.45, 2.75) is 25.4 Å². The molecule has 13 heavy (non-hydrogen) atoms. The summed E-state index contributed by atoms with van der Waals surface area (Å²) in [5.41, 5.74) is 0.967. The normalized spacial score (nSPS) is 20.5. The lowest BCUT2D eigenvalue weighted by Crippen LogP contribution is -2.06. The highest BCUT2D eigenvalue weighted by Gasteiger charge is 2.20. The molecule has 0 bridgehead atoms. The summed E-state index contributed by atoms with van der Waals surface area (Å²) in [5.74, 6) is 0. The first kappa shape index (κ1) is 8.65. The first-order valence-electron chi connectivity index (χ1n) is 4.62. The molecule has 5 nitrogen and oxygen atoms in total. The van der Waals surface area contributed by atoms with E-state index >= 15 is 0 Å². The van der Waals surface area contributed by atoms with E-state index < -0.39 is 0 Å². The number of rotatable bonds is 5. The number of aryl methyl sites for hydroxylation is 1. The van der Waals surface area contributed by atoms with Crippen LogP contribution in [0.15, 0.2) is 6.20 Å². The van der Waals surface area contributed by atoms with Gasteiger partial charge in [0, 0.05) is 25.4 Å². The Morgan fingerprint density at radius 1 is 1.69 bits per heavy atom. The minimum atomic E-state index is 0.219.